The van der Waals surface area contributed by atoms with Gasteiger partial charge in [-0.25, -0.2) is 0 Å². The minimum Gasteiger partial charge on any atom is -0.391 e. The Kier molecular flexibility index (Phi) is 3.26. The van der Waals surface area contributed by atoms with E-state index in [0.717, 1.165) is 25.7 Å². The van der Waals surface area contributed by atoms with Gasteiger partial charge in [-0.05, 0) is 25.7 Å². The van der Waals surface area contributed by atoms with Crippen LogP contribution in [0.4, 0.5) is 0 Å². The van der Waals surface area contributed by atoms with Crippen LogP contribution in [0.25, 0.3) is 0 Å². The topological polar surface area (TPSA) is 49.8 Å². The number of carbonyl (C=O) groups excluding carboxylic acids is 1. The summed E-state index contributed by atoms with van der Waals surface area (Å²) in [6, 6.07) is 0.0559. The Labute approximate surface area is 90.2 Å². The molecule has 1 amide bonds. The van der Waals surface area contributed by atoms with Crippen molar-refractivity contribution in [3.05, 3.63) is 0 Å². The zero-order valence-electron chi connectivity index (χ0n) is 9.19. The van der Waals surface area contributed by atoms with Crippen molar-refractivity contribution in [2.24, 2.45) is 5.92 Å². The summed E-state index contributed by atoms with van der Waals surface area (Å²) in [6.07, 6.45) is 3.11. The molecular formula is C11H19NO3. The first-order valence-corrected chi connectivity index (χ1v) is 5.72. The Morgan fingerprint density at radius 3 is 2.40 bits per heavy atom. The summed E-state index contributed by atoms with van der Waals surface area (Å²) in [7, 11) is 1.81. The first-order chi connectivity index (χ1) is 7.20. The van der Waals surface area contributed by atoms with Crippen LogP contribution in [0, 0.1) is 5.92 Å². The number of likely N-dealkylation sites (N-methyl/N-ethyl adjacent to an activating group) is 1. The predicted octanol–water partition coefficient (Wildman–Crippen LogP) is 0.395. The molecule has 1 aliphatic carbocycles. The van der Waals surface area contributed by atoms with E-state index in [9.17, 15) is 9.90 Å². The van der Waals surface area contributed by atoms with Gasteiger partial charge in [0, 0.05) is 26.2 Å². The molecule has 1 saturated carbocycles. The first kappa shape index (κ1) is 10.9. The molecular weight excluding hydrogens is 194 g/mol. The number of ether oxygens (including phenoxy) is 1. The van der Waals surface area contributed by atoms with Crippen LogP contribution in [0.3, 0.4) is 0 Å². The highest BCUT2D eigenvalue weighted by Gasteiger charge is 2.36. The SMILES string of the molecule is CN(C(=O)C1CCOCC1)C1CCC1O. The third-order valence-electron chi connectivity index (χ3n) is 3.62. The molecule has 2 unspecified atom stereocenters. The van der Waals surface area contributed by atoms with Gasteiger partial charge < -0.3 is 14.7 Å². The molecule has 1 saturated heterocycles. The van der Waals surface area contributed by atoms with Crippen molar-refractivity contribution < 1.29 is 14.6 Å². The van der Waals surface area contributed by atoms with Crippen LogP contribution >= 0.6 is 0 Å². The van der Waals surface area contributed by atoms with Crippen molar-refractivity contribution in [3.8, 4) is 0 Å². The summed E-state index contributed by atoms with van der Waals surface area (Å²) in [5.74, 6) is 0.290. The van der Waals surface area contributed by atoms with Gasteiger partial charge in [0.1, 0.15) is 0 Å². The lowest BCUT2D eigenvalue weighted by molar-refractivity contribution is -0.145. The van der Waals surface area contributed by atoms with E-state index in [0.29, 0.717) is 13.2 Å². The fourth-order valence-electron chi connectivity index (χ4n) is 2.31. The number of amides is 1. The Balaban J connectivity index is 1.88. The largest absolute Gasteiger partial charge is 0.391 e. The van der Waals surface area contributed by atoms with E-state index in [4.69, 9.17) is 4.74 Å². The molecule has 1 heterocycles. The molecule has 0 aromatic heterocycles. The fourth-order valence-corrected chi connectivity index (χ4v) is 2.31. The molecule has 15 heavy (non-hydrogen) atoms. The molecule has 2 atom stereocenters. The lowest BCUT2D eigenvalue weighted by Gasteiger charge is -2.41. The molecule has 0 aromatic rings. The van der Waals surface area contributed by atoms with Gasteiger partial charge in [-0.15, -0.1) is 0 Å². The molecule has 4 nitrogen and oxygen atoms in total. The maximum absolute atomic E-state index is 12.0. The minimum absolute atomic E-state index is 0.0559. The Morgan fingerprint density at radius 1 is 1.27 bits per heavy atom. The van der Waals surface area contributed by atoms with Gasteiger partial charge >= 0.3 is 0 Å². The van der Waals surface area contributed by atoms with Crippen molar-refractivity contribution in [2.45, 2.75) is 37.8 Å². The van der Waals surface area contributed by atoms with E-state index in [2.05, 4.69) is 0 Å². The van der Waals surface area contributed by atoms with E-state index in [1.54, 1.807) is 4.90 Å². The molecule has 0 radical (unpaired) electrons. The summed E-state index contributed by atoms with van der Waals surface area (Å²) in [4.78, 5) is 13.8. The van der Waals surface area contributed by atoms with Crippen LogP contribution in [-0.2, 0) is 9.53 Å². The number of hydrogen-bond acceptors (Lipinski definition) is 3. The number of hydrogen-bond donors (Lipinski definition) is 1. The summed E-state index contributed by atoms with van der Waals surface area (Å²) in [6.45, 7) is 1.38. The average molecular weight is 213 g/mol. The van der Waals surface area contributed by atoms with Gasteiger partial charge in [-0.3, -0.25) is 4.79 Å². The number of nitrogens with zero attached hydrogens (tertiary/aromatic N) is 1. The lowest BCUT2D eigenvalue weighted by atomic mass is 9.86. The smallest absolute Gasteiger partial charge is 0.225 e. The fraction of sp³-hybridized carbons (Fsp3) is 0.909. The molecule has 86 valence electrons. The second kappa shape index (κ2) is 4.49. The highest BCUT2D eigenvalue weighted by atomic mass is 16.5. The Morgan fingerprint density at radius 2 is 1.93 bits per heavy atom. The molecule has 0 bridgehead atoms. The summed E-state index contributed by atoms with van der Waals surface area (Å²) < 4.78 is 5.23. The highest BCUT2D eigenvalue weighted by Crippen LogP contribution is 2.27. The van der Waals surface area contributed by atoms with Crippen LogP contribution in [0.15, 0.2) is 0 Å². The van der Waals surface area contributed by atoms with Crippen molar-refractivity contribution in [2.75, 3.05) is 20.3 Å². The minimum atomic E-state index is -0.307. The van der Waals surface area contributed by atoms with Crippen LogP contribution in [-0.4, -0.2) is 48.3 Å². The van der Waals surface area contributed by atoms with Crippen LogP contribution in [0.2, 0.25) is 0 Å². The quantitative estimate of drug-likeness (QED) is 0.722. The first-order valence-electron chi connectivity index (χ1n) is 5.72. The third-order valence-corrected chi connectivity index (χ3v) is 3.62. The molecule has 1 N–H and O–H groups in total. The average Bonchev–Trinajstić information content (AvgIpc) is 2.27. The second-order valence-electron chi connectivity index (χ2n) is 4.55. The number of aliphatic hydroxyl groups is 1. The van der Waals surface area contributed by atoms with Gasteiger partial charge in [0.05, 0.1) is 12.1 Å². The monoisotopic (exact) mass is 213 g/mol. The molecule has 2 rings (SSSR count). The van der Waals surface area contributed by atoms with Crippen LogP contribution in [0.1, 0.15) is 25.7 Å². The van der Waals surface area contributed by atoms with Gasteiger partial charge in [-0.1, -0.05) is 0 Å². The normalized spacial score (nSPS) is 32.1. The molecule has 0 aromatic carbocycles. The predicted molar refractivity (Wildman–Crippen MR) is 55.3 cm³/mol. The van der Waals surface area contributed by atoms with Gasteiger partial charge in [0.25, 0.3) is 0 Å². The number of aliphatic hydroxyl groups excluding tert-OH is 1. The maximum Gasteiger partial charge on any atom is 0.225 e. The van der Waals surface area contributed by atoms with Gasteiger partial charge in [0.2, 0.25) is 5.91 Å². The zero-order chi connectivity index (χ0) is 10.8. The standard InChI is InChI=1S/C11H19NO3/c1-12(9-2-3-10(9)13)11(14)8-4-6-15-7-5-8/h8-10,13H,2-7H2,1H3. The summed E-state index contributed by atoms with van der Waals surface area (Å²) in [5.41, 5.74) is 0. The van der Waals surface area contributed by atoms with Crippen molar-refractivity contribution in [3.63, 3.8) is 0 Å². The molecule has 2 aliphatic rings. The highest BCUT2D eigenvalue weighted by molar-refractivity contribution is 5.79. The van der Waals surface area contributed by atoms with Crippen LogP contribution in [0.5, 0.6) is 0 Å². The van der Waals surface area contributed by atoms with Crippen molar-refractivity contribution >= 4 is 5.91 Å². The van der Waals surface area contributed by atoms with Gasteiger partial charge in [0.15, 0.2) is 0 Å². The Hall–Kier alpha value is -0.610. The third kappa shape index (κ3) is 2.16. The summed E-state index contributed by atoms with van der Waals surface area (Å²) >= 11 is 0. The molecule has 1 aliphatic heterocycles. The molecule has 4 heteroatoms. The lowest BCUT2D eigenvalue weighted by Crippen LogP contribution is -2.53. The van der Waals surface area contributed by atoms with E-state index < -0.39 is 0 Å². The van der Waals surface area contributed by atoms with Crippen LogP contribution < -0.4 is 0 Å². The van der Waals surface area contributed by atoms with E-state index in [1.165, 1.54) is 0 Å². The molecule has 2 fully saturated rings. The van der Waals surface area contributed by atoms with E-state index >= 15 is 0 Å². The van der Waals surface area contributed by atoms with E-state index in [-0.39, 0.29) is 24.0 Å². The number of carbonyl (C=O) groups is 1. The van der Waals surface area contributed by atoms with Crippen molar-refractivity contribution in [1.82, 2.24) is 4.90 Å². The second-order valence-corrected chi connectivity index (χ2v) is 4.55. The Bertz CT molecular complexity index is 238. The van der Waals surface area contributed by atoms with E-state index in [1.807, 2.05) is 7.05 Å². The van der Waals surface area contributed by atoms with Gasteiger partial charge in [-0.2, -0.15) is 0 Å². The maximum atomic E-state index is 12.0. The number of rotatable bonds is 2. The molecule has 0 spiro atoms. The summed E-state index contributed by atoms with van der Waals surface area (Å²) in [5, 5.41) is 9.51. The zero-order valence-corrected chi connectivity index (χ0v) is 9.19. The van der Waals surface area contributed by atoms with Crippen molar-refractivity contribution in [1.29, 1.82) is 0 Å².